The van der Waals surface area contributed by atoms with Crippen molar-refractivity contribution in [3.05, 3.63) is 76.5 Å². The number of aliphatic carboxylic acids is 1. The number of halogens is 1. The largest absolute Gasteiger partial charge is 0.479 e. The zero-order valence-corrected chi connectivity index (χ0v) is 15.4. The molecule has 6 nitrogen and oxygen atoms in total. The summed E-state index contributed by atoms with van der Waals surface area (Å²) in [6.45, 7) is 1.41. The van der Waals surface area contributed by atoms with Crippen LogP contribution in [0.3, 0.4) is 0 Å². The predicted octanol–water partition coefficient (Wildman–Crippen LogP) is 3.72. The van der Waals surface area contributed by atoms with Crippen LogP contribution in [-0.2, 0) is 4.79 Å². The SMILES string of the molecule is C[C@H](Oc1ccc(Br)cc1C(=O)c1cnn(-c2ccccc2)c1)C(=O)O. The number of ether oxygens (including phenoxy) is 1. The Morgan fingerprint density at radius 2 is 1.92 bits per heavy atom. The Bertz CT molecular complexity index is 953. The van der Waals surface area contributed by atoms with E-state index in [1.165, 1.54) is 13.1 Å². The van der Waals surface area contributed by atoms with Gasteiger partial charge in [-0.15, -0.1) is 0 Å². The predicted molar refractivity (Wildman–Crippen MR) is 98.9 cm³/mol. The first-order valence-electron chi connectivity index (χ1n) is 7.79. The second-order valence-electron chi connectivity index (χ2n) is 5.58. The molecule has 26 heavy (non-hydrogen) atoms. The molecule has 1 aromatic heterocycles. The lowest BCUT2D eigenvalue weighted by molar-refractivity contribution is -0.144. The molecular weight excluding hydrogens is 400 g/mol. The molecular formula is C19H15BrN2O4. The lowest BCUT2D eigenvalue weighted by Gasteiger charge is -2.14. The van der Waals surface area contributed by atoms with E-state index in [-0.39, 0.29) is 17.1 Å². The number of hydrogen-bond donors (Lipinski definition) is 1. The number of para-hydroxylation sites is 1. The average molecular weight is 415 g/mol. The fraction of sp³-hybridized carbons (Fsp3) is 0.105. The molecule has 0 saturated heterocycles. The van der Waals surface area contributed by atoms with Crippen molar-refractivity contribution in [3.63, 3.8) is 0 Å². The number of ketones is 1. The summed E-state index contributed by atoms with van der Waals surface area (Å²) in [4.78, 5) is 24.0. The number of hydrogen-bond acceptors (Lipinski definition) is 4. The topological polar surface area (TPSA) is 81.4 Å². The smallest absolute Gasteiger partial charge is 0.344 e. The molecule has 0 aliphatic carbocycles. The quantitative estimate of drug-likeness (QED) is 0.621. The van der Waals surface area contributed by atoms with Crippen LogP contribution in [0.25, 0.3) is 5.69 Å². The van der Waals surface area contributed by atoms with Crippen LogP contribution in [0.15, 0.2) is 65.4 Å². The highest BCUT2D eigenvalue weighted by Crippen LogP contribution is 2.27. The fourth-order valence-electron chi connectivity index (χ4n) is 2.34. The van der Waals surface area contributed by atoms with Gasteiger partial charge >= 0.3 is 5.97 Å². The van der Waals surface area contributed by atoms with Crippen LogP contribution in [0.2, 0.25) is 0 Å². The minimum atomic E-state index is -1.11. The lowest BCUT2D eigenvalue weighted by Crippen LogP contribution is -2.23. The second kappa shape index (κ2) is 7.53. The fourth-order valence-corrected chi connectivity index (χ4v) is 2.70. The molecule has 0 fully saturated rings. The van der Waals surface area contributed by atoms with Gasteiger partial charge in [-0.2, -0.15) is 5.10 Å². The number of carbonyl (C=O) groups is 2. The Labute approximate surface area is 158 Å². The van der Waals surface area contributed by atoms with E-state index in [2.05, 4.69) is 21.0 Å². The van der Waals surface area contributed by atoms with Gasteiger partial charge in [-0.05, 0) is 37.3 Å². The van der Waals surface area contributed by atoms with Gasteiger partial charge in [-0.3, -0.25) is 4.79 Å². The van der Waals surface area contributed by atoms with Gasteiger partial charge in [-0.25, -0.2) is 9.48 Å². The van der Waals surface area contributed by atoms with Crippen molar-refractivity contribution >= 4 is 27.7 Å². The molecule has 0 aliphatic rings. The number of rotatable bonds is 6. The Hall–Kier alpha value is -2.93. The van der Waals surface area contributed by atoms with Crippen LogP contribution in [0.4, 0.5) is 0 Å². The van der Waals surface area contributed by atoms with E-state index in [0.717, 1.165) is 5.69 Å². The summed E-state index contributed by atoms with van der Waals surface area (Å²) in [5.41, 5.74) is 1.47. The number of nitrogens with zero attached hydrogens (tertiary/aromatic N) is 2. The van der Waals surface area contributed by atoms with E-state index in [0.29, 0.717) is 10.0 Å². The summed E-state index contributed by atoms with van der Waals surface area (Å²) in [6, 6.07) is 14.3. The third-order valence-corrected chi connectivity index (χ3v) is 4.20. The van der Waals surface area contributed by atoms with Gasteiger partial charge in [-0.1, -0.05) is 34.1 Å². The Morgan fingerprint density at radius 1 is 1.19 bits per heavy atom. The van der Waals surface area contributed by atoms with Gasteiger partial charge in [0, 0.05) is 10.7 Å². The first-order valence-corrected chi connectivity index (χ1v) is 8.59. The number of benzene rings is 2. The first kappa shape index (κ1) is 17.9. The van der Waals surface area contributed by atoms with Crippen molar-refractivity contribution in [2.75, 3.05) is 0 Å². The first-order chi connectivity index (χ1) is 12.5. The molecule has 1 atom stereocenters. The minimum absolute atomic E-state index is 0.209. The number of carboxylic acid groups (broad SMARTS) is 1. The van der Waals surface area contributed by atoms with Crippen molar-refractivity contribution in [2.24, 2.45) is 0 Å². The maximum Gasteiger partial charge on any atom is 0.344 e. The molecule has 2 aromatic carbocycles. The van der Waals surface area contributed by atoms with E-state index < -0.39 is 12.1 Å². The average Bonchev–Trinajstić information content (AvgIpc) is 3.13. The number of carboxylic acids is 1. The normalized spacial score (nSPS) is 11.8. The van der Waals surface area contributed by atoms with Crippen molar-refractivity contribution in [3.8, 4) is 11.4 Å². The highest BCUT2D eigenvalue weighted by molar-refractivity contribution is 9.10. The summed E-state index contributed by atoms with van der Waals surface area (Å²) in [5.74, 6) is -1.20. The van der Waals surface area contributed by atoms with Gasteiger partial charge < -0.3 is 9.84 Å². The van der Waals surface area contributed by atoms with Crippen molar-refractivity contribution < 1.29 is 19.4 Å². The summed E-state index contributed by atoms with van der Waals surface area (Å²) >= 11 is 3.33. The van der Waals surface area contributed by atoms with Crippen LogP contribution < -0.4 is 4.74 Å². The van der Waals surface area contributed by atoms with Crippen LogP contribution in [0, 0.1) is 0 Å². The van der Waals surface area contributed by atoms with Crippen LogP contribution in [-0.4, -0.2) is 32.7 Å². The molecule has 0 amide bonds. The molecule has 0 aliphatic heterocycles. The van der Waals surface area contributed by atoms with E-state index in [1.807, 2.05) is 30.3 Å². The van der Waals surface area contributed by atoms with Gasteiger partial charge in [0.05, 0.1) is 23.0 Å². The second-order valence-corrected chi connectivity index (χ2v) is 6.49. The van der Waals surface area contributed by atoms with Crippen LogP contribution in [0.1, 0.15) is 22.8 Å². The Morgan fingerprint density at radius 3 is 2.62 bits per heavy atom. The summed E-state index contributed by atoms with van der Waals surface area (Å²) in [7, 11) is 0. The Balaban J connectivity index is 1.94. The van der Waals surface area contributed by atoms with Crippen molar-refractivity contribution in [1.29, 1.82) is 0 Å². The maximum atomic E-state index is 12.9. The zero-order chi connectivity index (χ0) is 18.7. The molecule has 0 saturated carbocycles. The van der Waals surface area contributed by atoms with Gasteiger partial charge in [0.1, 0.15) is 5.75 Å². The Kier molecular flexibility index (Phi) is 5.18. The molecule has 3 aromatic rings. The minimum Gasteiger partial charge on any atom is -0.479 e. The molecule has 0 spiro atoms. The highest BCUT2D eigenvalue weighted by Gasteiger charge is 2.21. The summed E-state index contributed by atoms with van der Waals surface area (Å²) in [5, 5.41) is 13.3. The number of carbonyl (C=O) groups excluding carboxylic acids is 1. The molecule has 132 valence electrons. The van der Waals surface area contributed by atoms with E-state index in [1.54, 1.807) is 29.1 Å². The molecule has 0 bridgehead atoms. The van der Waals surface area contributed by atoms with Gasteiger partial charge in [0.25, 0.3) is 0 Å². The van der Waals surface area contributed by atoms with E-state index in [9.17, 15) is 9.59 Å². The summed E-state index contributed by atoms with van der Waals surface area (Å²) in [6.07, 6.45) is 2.03. The highest BCUT2D eigenvalue weighted by atomic mass is 79.9. The molecule has 3 rings (SSSR count). The monoisotopic (exact) mass is 414 g/mol. The number of aromatic nitrogens is 2. The third-order valence-electron chi connectivity index (χ3n) is 3.70. The van der Waals surface area contributed by atoms with E-state index >= 15 is 0 Å². The molecule has 1 heterocycles. The standard InChI is InChI=1S/C19H15BrN2O4/c1-12(19(24)25)26-17-8-7-14(20)9-16(17)18(23)13-10-21-22(11-13)15-5-3-2-4-6-15/h2-12H,1H3,(H,24,25)/t12-/m0/s1. The third kappa shape index (κ3) is 3.83. The van der Waals surface area contributed by atoms with E-state index in [4.69, 9.17) is 9.84 Å². The van der Waals surface area contributed by atoms with Crippen LogP contribution >= 0.6 is 15.9 Å². The molecule has 7 heteroatoms. The molecule has 0 unspecified atom stereocenters. The maximum absolute atomic E-state index is 12.9. The molecule has 0 radical (unpaired) electrons. The molecule has 1 N–H and O–H groups in total. The lowest BCUT2D eigenvalue weighted by atomic mass is 10.1. The van der Waals surface area contributed by atoms with Crippen molar-refractivity contribution in [2.45, 2.75) is 13.0 Å². The van der Waals surface area contributed by atoms with Gasteiger partial charge in [0.2, 0.25) is 0 Å². The van der Waals surface area contributed by atoms with Gasteiger partial charge in [0.15, 0.2) is 11.9 Å². The van der Waals surface area contributed by atoms with Crippen molar-refractivity contribution in [1.82, 2.24) is 9.78 Å². The van der Waals surface area contributed by atoms with Crippen LogP contribution in [0.5, 0.6) is 5.75 Å². The zero-order valence-electron chi connectivity index (χ0n) is 13.8. The summed E-state index contributed by atoms with van der Waals surface area (Å²) < 4.78 is 7.72.